The van der Waals surface area contributed by atoms with Crippen LogP contribution in [0.5, 0.6) is 0 Å². The lowest BCUT2D eigenvalue weighted by molar-refractivity contribution is -0.126. The van der Waals surface area contributed by atoms with Crippen LogP contribution in [0.15, 0.2) is 84.0 Å². The van der Waals surface area contributed by atoms with Crippen molar-refractivity contribution in [2.24, 2.45) is 5.92 Å². The van der Waals surface area contributed by atoms with E-state index in [4.69, 9.17) is 0 Å². The van der Waals surface area contributed by atoms with Gasteiger partial charge in [0.05, 0.1) is 16.6 Å². The largest absolute Gasteiger partial charge is 0.349 e. The molecular formula is C28H29FN4O3S. The van der Waals surface area contributed by atoms with Crippen molar-refractivity contribution in [1.82, 2.24) is 19.4 Å². The third-order valence-corrected chi connectivity index (χ3v) is 8.46. The fourth-order valence-electron chi connectivity index (χ4n) is 4.81. The molecule has 0 aliphatic heterocycles. The molecule has 1 aliphatic rings. The van der Waals surface area contributed by atoms with Gasteiger partial charge in [0.25, 0.3) is 0 Å². The molecule has 1 aliphatic carbocycles. The highest BCUT2D eigenvalue weighted by Gasteiger charge is 2.30. The van der Waals surface area contributed by atoms with Crippen LogP contribution in [0.25, 0.3) is 16.9 Å². The number of benzene rings is 2. The first-order valence-corrected chi connectivity index (χ1v) is 13.9. The fourth-order valence-corrected chi connectivity index (χ4v) is 6.12. The molecule has 37 heavy (non-hydrogen) atoms. The summed E-state index contributed by atoms with van der Waals surface area (Å²) in [5.74, 6) is -0.551. The van der Waals surface area contributed by atoms with Crippen LogP contribution >= 0.6 is 0 Å². The van der Waals surface area contributed by atoms with Crippen LogP contribution in [-0.2, 0) is 14.8 Å². The Labute approximate surface area is 215 Å². The number of rotatable bonds is 7. The number of nitrogens with one attached hydrogen (secondary N) is 2. The average Bonchev–Trinajstić information content (AvgIpc) is 3.33. The van der Waals surface area contributed by atoms with E-state index in [0.29, 0.717) is 31.3 Å². The van der Waals surface area contributed by atoms with E-state index in [-0.39, 0.29) is 34.6 Å². The van der Waals surface area contributed by atoms with Crippen molar-refractivity contribution in [2.45, 2.75) is 49.6 Å². The zero-order valence-electron chi connectivity index (χ0n) is 20.5. The van der Waals surface area contributed by atoms with Gasteiger partial charge in [0.2, 0.25) is 15.9 Å². The van der Waals surface area contributed by atoms with Crippen molar-refractivity contribution >= 4 is 21.6 Å². The highest BCUT2D eigenvalue weighted by Crippen LogP contribution is 2.27. The molecule has 9 heteroatoms. The Balaban J connectivity index is 1.19. The van der Waals surface area contributed by atoms with E-state index in [1.165, 1.54) is 12.1 Å². The summed E-state index contributed by atoms with van der Waals surface area (Å²) < 4.78 is 43.9. The summed E-state index contributed by atoms with van der Waals surface area (Å²) in [6.07, 6.45) is 5.74. The maximum Gasteiger partial charge on any atom is 0.242 e. The summed E-state index contributed by atoms with van der Waals surface area (Å²) >= 11 is 0. The maximum absolute atomic E-state index is 13.2. The molecular weight excluding hydrogens is 491 g/mol. The first kappa shape index (κ1) is 25.1. The molecule has 7 nitrogen and oxygen atoms in total. The van der Waals surface area contributed by atoms with Crippen LogP contribution < -0.4 is 10.0 Å². The molecule has 2 N–H and O–H groups in total. The van der Waals surface area contributed by atoms with Gasteiger partial charge in [0.15, 0.2) is 0 Å². The van der Waals surface area contributed by atoms with Crippen molar-refractivity contribution in [1.29, 1.82) is 0 Å². The number of amides is 1. The van der Waals surface area contributed by atoms with Gasteiger partial charge in [-0.15, -0.1) is 0 Å². The molecule has 1 fully saturated rings. The monoisotopic (exact) mass is 520 g/mol. The number of sulfonamides is 1. The minimum Gasteiger partial charge on any atom is -0.349 e. The number of hydrogen-bond donors (Lipinski definition) is 2. The van der Waals surface area contributed by atoms with Gasteiger partial charge in [-0.25, -0.2) is 22.5 Å². The van der Waals surface area contributed by atoms with Crippen LogP contribution in [0.2, 0.25) is 0 Å². The van der Waals surface area contributed by atoms with Crippen molar-refractivity contribution < 1.29 is 17.6 Å². The number of imidazole rings is 1. The molecule has 192 valence electrons. The van der Waals surface area contributed by atoms with Crippen LogP contribution in [0.3, 0.4) is 0 Å². The lowest BCUT2D eigenvalue weighted by atomic mass is 9.85. The molecule has 2 aromatic heterocycles. The van der Waals surface area contributed by atoms with E-state index in [2.05, 4.69) is 15.0 Å². The molecule has 4 aromatic rings. The van der Waals surface area contributed by atoms with Crippen molar-refractivity contribution in [3.05, 3.63) is 90.5 Å². The van der Waals surface area contributed by atoms with Crippen LogP contribution in [0, 0.1) is 11.7 Å². The number of aromatic nitrogens is 2. The maximum atomic E-state index is 13.2. The van der Waals surface area contributed by atoms with Gasteiger partial charge >= 0.3 is 0 Å². The molecule has 5 rings (SSSR count). The summed E-state index contributed by atoms with van der Waals surface area (Å²) in [5.41, 5.74) is 3.23. The Kier molecular flexibility index (Phi) is 7.08. The molecule has 2 heterocycles. The van der Waals surface area contributed by atoms with Crippen molar-refractivity contribution in [3.63, 3.8) is 0 Å². The second-order valence-corrected chi connectivity index (χ2v) is 11.3. The second-order valence-electron chi connectivity index (χ2n) is 9.57. The highest BCUT2D eigenvalue weighted by molar-refractivity contribution is 7.89. The number of carbonyl (C=O) groups is 1. The van der Waals surface area contributed by atoms with E-state index >= 15 is 0 Å². The van der Waals surface area contributed by atoms with E-state index in [9.17, 15) is 17.6 Å². The van der Waals surface area contributed by atoms with Crippen molar-refractivity contribution in [3.8, 4) is 11.3 Å². The third-order valence-electron chi connectivity index (χ3n) is 6.95. The quantitative estimate of drug-likeness (QED) is 0.364. The van der Waals surface area contributed by atoms with Crippen LogP contribution in [0.4, 0.5) is 4.39 Å². The average molecular weight is 521 g/mol. The molecule has 0 unspecified atom stereocenters. The van der Waals surface area contributed by atoms with Gasteiger partial charge in [-0.2, -0.15) is 0 Å². The summed E-state index contributed by atoms with van der Waals surface area (Å²) in [6.45, 7) is 1.87. The Bertz CT molecular complexity index is 1500. The number of carbonyl (C=O) groups excluding carboxylic acids is 1. The Morgan fingerprint density at radius 1 is 0.973 bits per heavy atom. The van der Waals surface area contributed by atoms with Crippen molar-refractivity contribution in [2.75, 3.05) is 0 Å². The molecule has 0 saturated heterocycles. The zero-order chi connectivity index (χ0) is 26.0. The summed E-state index contributed by atoms with van der Waals surface area (Å²) in [7, 11) is -3.73. The highest BCUT2D eigenvalue weighted by atomic mass is 32.2. The first-order valence-electron chi connectivity index (χ1n) is 12.4. The van der Waals surface area contributed by atoms with Gasteiger partial charge in [0.1, 0.15) is 11.5 Å². The number of nitrogens with zero attached hydrogens (tertiary/aromatic N) is 2. The number of fused-ring (bicyclic) bond motifs is 1. The van der Waals surface area contributed by atoms with Crippen LogP contribution in [0.1, 0.15) is 44.2 Å². The molecule has 0 bridgehead atoms. The molecule has 2 aromatic carbocycles. The standard InChI is InChI=1S/C28H29FN4O3S/c1-19(20-7-11-23(29)12-8-20)30-28(34)22-9-13-24(14-10-22)32-37(35,36)25-15-16-27-31-26(18-33(27)17-25)21-5-3-2-4-6-21/h2-8,11-12,15-19,22,24,32H,9-10,13-14H2,1H3,(H,30,34)/t19-,22-,24-/m1/s1. The fraction of sp³-hybridized carbons (Fsp3) is 0.286. The van der Waals surface area contributed by atoms with Gasteiger partial charge in [0, 0.05) is 29.9 Å². The van der Waals surface area contributed by atoms with E-state index < -0.39 is 10.0 Å². The van der Waals surface area contributed by atoms with Gasteiger partial charge in [-0.1, -0.05) is 42.5 Å². The van der Waals surface area contributed by atoms with Crippen LogP contribution in [-0.4, -0.2) is 29.8 Å². The molecule has 0 radical (unpaired) electrons. The topological polar surface area (TPSA) is 92.6 Å². The summed E-state index contributed by atoms with van der Waals surface area (Å²) in [6, 6.07) is 18.6. The summed E-state index contributed by atoms with van der Waals surface area (Å²) in [4.78, 5) is 17.5. The minimum absolute atomic E-state index is 0.0575. The molecule has 0 spiro atoms. The predicted molar refractivity (Wildman–Crippen MR) is 140 cm³/mol. The number of halogens is 1. The Morgan fingerprint density at radius 2 is 1.68 bits per heavy atom. The van der Waals surface area contributed by atoms with Gasteiger partial charge in [-0.05, 0) is 62.4 Å². The van der Waals surface area contributed by atoms with E-state index in [0.717, 1.165) is 16.8 Å². The normalized spacial score (nSPS) is 19.0. The Hall–Kier alpha value is -3.56. The summed E-state index contributed by atoms with van der Waals surface area (Å²) in [5, 5.41) is 3.00. The third kappa shape index (κ3) is 5.73. The molecule has 1 amide bonds. The molecule has 1 atom stereocenters. The predicted octanol–water partition coefficient (Wildman–Crippen LogP) is 4.85. The van der Waals surface area contributed by atoms with Gasteiger partial charge in [-0.3, -0.25) is 4.79 Å². The van der Waals surface area contributed by atoms with E-state index in [1.54, 1.807) is 34.9 Å². The zero-order valence-corrected chi connectivity index (χ0v) is 21.3. The number of pyridine rings is 1. The number of hydrogen-bond acceptors (Lipinski definition) is 4. The minimum atomic E-state index is -3.73. The molecule has 1 saturated carbocycles. The second kappa shape index (κ2) is 10.4. The Morgan fingerprint density at radius 3 is 2.38 bits per heavy atom. The SMILES string of the molecule is C[C@@H](NC(=O)[C@H]1CC[C@H](NS(=O)(=O)c2ccc3nc(-c4ccccc4)cn3c2)CC1)c1ccc(F)cc1. The van der Waals surface area contributed by atoms with E-state index in [1.807, 2.05) is 43.5 Å². The lowest BCUT2D eigenvalue weighted by Crippen LogP contribution is -2.41. The lowest BCUT2D eigenvalue weighted by Gasteiger charge is -2.29. The van der Waals surface area contributed by atoms with Gasteiger partial charge < -0.3 is 9.72 Å². The first-order chi connectivity index (χ1) is 17.8. The smallest absolute Gasteiger partial charge is 0.242 e.